The van der Waals surface area contributed by atoms with Gasteiger partial charge < -0.3 is 20.1 Å². The summed E-state index contributed by atoms with van der Waals surface area (Å²) in [5.41, 5.74) is -0.342. The fourth-order valence-corrected chi connectivity index (χ4v) is 3.24. The Morgan fingerprint density at radius 1 is 1.32 bits per heavy atom. The lowest BCUT2D eigenvalue weighted by Gasteiger charge is -2.36. The Labute approximate surface area is 115 Å². The molecule has 0 aromatic heterocycles. The van der Waals surface area contributed by atoms with E-state index in [2.05, 4.69) is 10.6 Å². The summed E-state index contributed by atoms with van der Waals surface area (Å²) >= 11 is 0. The number of hydrogen-bond acceptors (Lipinski definition) is 4. The summed E-state index contributed by atoms with van der Waals surface area (Å²) < 4.78 is 10.7. The van der Waals surface area contributed by atoms with E-state index in [-0.39, 0.29) is 17.4 Å². The highest BCUT2D eigenvalue weighted by Crippen LogP contribution is 2.31. The maximum atomic E-state index is 12.6. The monoisotopic (exact) mass is 270 g/mol. The van der Waals surface area contributed by atoms with Gasteiger partial charge in [0, 0.05) is 20.3 Å². The summed E-state index contributed by atoms with van der Waals surface area (Å²) in [4.78, 5) is 12.6. The van der Waals surface area contributed by atoms with Crippen molar-refractivity contribution in [1.82, 2.24) is 10.6 Å². The van der Waals surface area contributed by atoms with Gasteiger partial charge in [-0.2, -0.15) is 0 Å². The Hall–Kier alpha value is -0.650. The zero-order chi connectivity index (χ0) is 13.7. The number of methoxy groups -OCH3 is 2. The van der Waals surface area contributed by atoms with Gasteiger partial charge in [0.1, 0.15) is 0 Å². The zero-order valence-electron chi connectivity index (χ0n) is 12.0. The fraction of sp³-hybridized carbons (Fsp3) is 0.929. The Bertz CT molecular complexity index is 298. The van der Waals surface area contributed by atoms with Crippen molar-refractivity contribution in [2.45, 2.75) is 44.2 Å². The summed E-state index contributed by atoms with van der Waals surface area (Å²) in [7, 11) is 3.42. The molecule has 1 saturated heterocycles. The molecule has 0 radical (unpaired) electrons. The van der Waals surface area contributed by atoms with Crippen LogP contribution in [-0.2, 0) is 14.3 Å². The molecule has 0 aromatic rings. The number of rotatable bonds is 5. The molecule has 1 heterocycles. The van der Waals surface area contributed by atoms with Gasteiger partial charge in [-0.25, -0.2) is 0 Å². The van der Waals surface area contributed by atoms with Gasteiger partial charge in [0.05, 0.1) is 18.1 Å². The van der Waals surface area contributed by atoms with E-state index < -0.39 is 0 Å². The van der Waals surface area contributed by atoms with Gasteiger partial charge in [-0.05, 0) is 45.2 Å². The van der Waals surface area contributed by atoms with Crippen molar-refractivity contribution in [2.75, 3.05) is 33.9 Å². The van der Waals surface area contributed by atoms with Crippen molar-refractivity contribution in [3.8, 4) is 0 Å². The van der Waals surface area contributed by atoms with Crippen LogP contribution in [0.2, 0.25) is 0 Å². The van der Waals surface area contributed by atoms with E-state index in [0.717, 1.165) is 45.2 Å². The molecule has 0 bridgehead atoms. The van der Waals surface area contributed by atoms with Crippen molar-refractivity contribution in [3.63, 3.8) is 0 Å². The minimum Gasteiger partial charge on any atom is -0.384 e. The smallest absolute Gasteiger partial charge is 0.228 e. The van der Waals surface area contributed by atoms with Crippen molar-refractivity contribution >= 4 is 5.91 Å². The maximum Gasteiger partial charge on any atom is 0.228 e. The highest BCUT2D eigenvalue weighted by Gasteiger charge is 2.41. The van der Waals surface area contributed by atoms with Gasteiger partial charge in [0.25, 0.3) is 0 Å². The van der Waals surface area contributed by atoms with Crippen LogP contribution >= 0.6 is 0 Å². The van der Waals surface area contributed by atoms with Gasteiger partial charge in [-0.1, -0.05) is 0 Å². The SMILES string of the molecule is COCC1(C(=O)NC2CCC(OC)C2)CCNCC1. The molecular formula is C14H26N2O3. The van der Waals surface area contributed by atoms with Gasteiger partial charge in [0.15, 0.2) is 0 Å². The topological polar surface area (TPSA) is 59.6 Å². The molecule has 2 unspecified atom stereocenters. The van der Waals surface area contributed by atoms with E-state index >= 15 is 0 Å². The molecule has 5 heteroatoms. The first-order valence-electron chi connectivity index (χ1n) is 7.23. The summed E-state index contributed by atoms with van der Waals surface area (Å²) in [6.45, 7) is 2.30. The summed E-state index contributed by atoms with van der Waals surface area (Å²) in [5, 5.41) is 6.52. The third-order valence-corrected chi connectivity index (χ3v) is 4.52. The summed E-state index contributed by atoms with van der Waals surface area (Å²) in [6.07, 6.45) is 5.01. The molecule has 1 saturated carbocycles. The Morgan fingerprint density at radius 2 is 2.05 bits per heavy atom. The molecule has 0 spiro atoms. The van der Waals surface area contributed by atoms with Crippen LogP contribution in [0.1, 0.15) is 32.1 Å². The van der Waals surface area contributed by atoms with Gasteiger partial charge >= 0.3 is 0 Å². The normalized spacial score (nSPS) is 30.2. The quantitative estimate of drug-likeness (QED) is 0.771. The third-order valence-electron chi connectivity index (χ3n) is 4.52. The van der Waals surface area contributed by atoms with Crippen molar-refractivity contribution < 1.29 is 14.3 Å². The van der Waals surface area contributed by atoms with Crippen molar-refractivity contribution in [2.24, 2.45) is 5.41 Å². The Morgan fingerprint density at radius 3 is 2.63 bits per heavy atom. The molecule has 1 aliphatic carbocycles. The molecule has 1 amide bonds. The van der Waals surface area contributed by atoms with Crippen LogP contribution in [0.3, 0.4) is 0 Å². The van der Waals surface area contributed by atoms with E-state index in [1.807, 2.05) is 0 Å². The second-order valence-electron chi connectivity index (χ2n) is 5.80. The van der Waals surface area contributed by atoms with Crippen LogP contribution in [0, 0.1) is 5.41 Å². The molecule has 2 aliphatic rings. The predicted octanol–water partition coefficient (Wildman–Crippen LogP) is 0.686. The minimum absolute atomic E-state index is 0.164. The number of amides is 1. The summed E-state index contributed by atoms with van der Waals surface area (Å²) in [6, 6.07) is 0.265. The first kappa shape index (κ1) is 14.8. The first-order valence-corrected chi connectivity index (χ1v) is 7.23. The minimum atomic E-state index is -0.342. The molecule has 110 valence electrons. The van der Waals surface area contributed by atoms with Crippen molar-refractivity contribution in [3.05, 3.63) is 0 Å². The van der Waals surface area contributed by atoms with Crippen LogP contribution in [0.25, 0.3) is 0 Å². The maximum absolute atomic E-state index is 12.6. The van der Waals surface area contributed by atoms with Crippen LogP contribution in [0.15, 0.2) is 0 Å². The molecule has 2 N–H and O–H groups in total. The van der Waals surface area contributed by atoms with Gasteiger partial charge in [0.2, 0.25) is 5.91 Å². The average Bonchev–Trinajstić information content (AvgIpc) is 2.88. The molecule has 19 heavy (non-hydrogen) atoms. The van der Waals surface area contributed by atoms with Crippen LogP contribution in [-0.4, -0.2) is 52.0 Å². The van der Waals surface area contributed by atoms with Gasteiger partial charge in [-0.15, -0.1) is 0 Å². The van der Waals surface area contributed by atoms with Crippen LogP contribution in [0.5, 0.6) is 0 Å². The second-order valence-corrected chi connectivity index (χ2v) is 5.80. The molecule has 5 nitrogen and oxygen atoms in total. The van der Waals surface area contributed by atoms with Gasteiger partial charge in [-0.3, -0.25) is 4.79 Å². The highest BCUT2D eigenvalue weighted by molar-refractivity contribution is 5.83. The van der Waals surface area contributed by atoms with Crippen LogP contribution in [0.4, 0.5) is 0 Å². The lowest BCUT2D eigenvalue weighted by atomic mass is 9.78. The van der Waals surface area contributed by atoms with E-state index in [0.29, 0.717) is 12.7 Å². The summed E-state index contributed by atoms with van der Waals surface area (Å²) in [5.74, 6) is 0.164. The van der Waals surface area contributed by atoms with E-state index in [1.165, 1.54) is 0 Å². The first-order chi connectivity index (χ1) is 9.20. The predicted molar refractivity (Wildman–Crippen MR) is 73.0 cm³/mol. The fourth-order valence-electron chi connectivity index (χ4n) is 3.24. The number of ether oxygens (including phenoxy) is 2. The number of carbonyl (C=O) groups excluding carboxylic acids is 1. The van der Waals surface area contributed by atoms with E-state index in [1.54, 1.807) is 14.2 Å². The number of piperidine rings is 1. The largest absolute Gasteiger partial charge is 0.384 e. The second kappa shape index (κ2) is 6.68. The molecular weight excluding hydrogens is 244 g/mol. The Balaban J connectivity index is 1.92. The lowest BCUT2D eigenvalue weighted by Crippen LogP contribution is -2.52. The van der Waals surface area contributed by atoms with Crippen LogP contribution < -0.4 is 10.6 Å². The number of carbonyl (C=O) groups is 1. The molecule has 2 rings (SSSR count). The highest BCUT2D eigenvalue weighted by atomic mass is 16.5. The number of nitrogens with one attached hydrogen (secondary N) is 2. The Kier molecular flexibility index (Phi) is 5.19. The zero-order valence-corrected chi connectivity index (χ0v) is 12.0. The van der Waals surface area contributed by atoms with Crippen molar-refractivity contribution in [1.29, 1.82) is 0 Å². The number of hydrogen-bond donors (Lipinski definition) is 2. The third kappa shape index (κ3) is 3.46. The molecule has 2 atom stereocenters. The van der Waals surface area contributed by atoms with E-state index in [9.17, 15) is 4.79 Å². The lowest BCUT2D eigenvalue weighted by molar-refractivity contribution is -0.137. The standard InChI is InChI=1S/C14H26N2O3/c1-18-10-14(5-7-15-8-6-14)13(17)16-11-3-4-12(9-11)19-2/h11-12,15H,3-10H2,1-2H3,(H,16,17). The molecule has 0 aromatic carbocycles. The average molecular weight is 270 g/mol. The molecule has 1 aliphatic heterocycles. The van der Waals surface area contributed by atoms with E-state index in [4.69, 9.17) is 9.47 Å². The molecule has 2 fully saturated rings.